The number of rotatable bonds is 3. The number of amides is 1. The summed E-state index contributed by atoms with van der Waals surface area (Å²) in [6.07, 6.45) is 4.38. The number of carbonyl (C=O) groups excluding carboxylic acids is 1. The zero-order valence-electron chi connectivity index (χ0n) is 12.8. The lowest BCUT2D eigenvalue weighted by Gasteiger charge is -2.38. The monoisotopic (exact) mass is 306 g/mol. The van der Waals surface area contributed by atoms with Gasteiger partial charge in [0.25, 0.3) is 5.91 Å². The molecule has 4 nitrogen and oxygen atoms in total. The van der Waals surface area contributed by atoms with E-state index in [0.29, 0.717) is 12.0 Å². The molecule has 0 spiro atoms. The zero-order chi connectivity index (χ0) is 15.4. The number of fused-ring (bicyclic) bond motifs is 1. The molecule has 0 radical (unpaired) electrons. The molecule has 1 aromatic carbocycles. The Morgan fingerprint density at radius 2 is 2.18 bits per heavy atom. The predicted octanol–water partition coefficient (Wildman–Crippen LogP) is 2.20. The van der Waals surface area contributed by atoms with Crippen molar-refractivity contribution in [3.63, 3.8) is 0 Å². The van der Waals surface area contributed by atoms with Crippen molar-refractivity contribution in [1.29, 1.82) is 0 Å². The highest BCUT2D eigenvalue weighted by Gasteiger charge is 2.34. The van der Waals surface area contributed by atoms with E-state index in [0.717, 1.165) is 32.5 Å². The van der Waals surface area contributed by atoms with Gasteiger partial charge in [-0.1, -0.05) is 18.6 Å². The molecule has 2 atom stereocenters. The van der Waals surface area contributed by atoms with E-state index in [2.05, 4.69) is 5.32 Å². The Morgan fingerprint density at radius 1 is 1.32 bits per heavy atom. The highest BCUT2D eigenvalue weighted by molar-refractivity contribution is 5.78. The van der Waals surface area contributed by atoms with E-state index in [1.54, 1.807) is 18.2 Å². The maximum atomic E-state index is 13.6. The molecule has 0 bridgehead atoms. The number of ether oxygens (including phenoxy) is 1. The summed E-state index contributed by atoms with van der Waals surface area (Å²) in [6.45, 7) is 2.65. The summed E-state index contributed by atoms with van der Waals surface area (Å²) in [4.78, 5) is 14.5. The largest absolute Gasteiger partial charge is 0.481 e. The van der Waals surface area contributed by atoms with E-state index >= 15 is 0 Å². The molecule has 0 aliphatic carbocycles. The van der Waals surface area contributed by atoms with Crippen molar-refractivity contribution in [3.05, 3.63) is 30.1 Å². The molecule has 0 unspecified atom stereocenters. The number of halogens is 1. The third kappa shape index (κ3) is 3.40. The van der Waals surface area contributed by atoms with Crippen molar-refractivity contribution in [2.45, 2.75) is 31.7 Å². The summed E-state index contributed by atoms with van der Waals surface area (Å²) >= 11 is 0. The fraction of sp³-hybridized carbons (Fsp3) is 0.588. The number of para-hydroxylation sites is 1. The second-order valence-corrected chi connectivity index (χ2v) is 6.12. The molecule has 1 N–H and O–H groups in total. The molecule has 2 aliphatic heterocycles. The highest BCUT2D eigenvalue weighted by atomic mass is 19.1. The van der Waals surface area contributed by atoms with Crippen LogP contribution in [0.3, 0.4) is 0 Å². The van der Waals surface area contributed by atoms with Gasteiger partial charge in [-0.15, -0.1) is 0 Å². The number of hydrogen-bond donors (Lipinski definition) is 1. The van der Waals surface area contributed by atoms with Gasteiger partial charge < -0.3 is 15.0 Å². The van der Waals surface area contributed by atoms with Crippen LogP contribution in [0, 0.1) is 11.7 Å². The van der Waals surface area contributed by atoms with Crippen molar-refractivity contribution >= 4 is 5.91 Å². The highest BCUT2D eigenvalue weighted by Crippen LogP contribution is 2.27. The van der Waals surface area contributed by atoms with Crippen molar-refractivity contribution in [3.8, 4) is 5.75 Å². The van der Waals surface area contributed by atoms with Crippen LogP contribution in [0.25, 0.3) is 0 Å². The summed E-state index contributed by atoms with van der Waals surface area (Å²) < 4.78 is 18.9. The van der Waals surface area contributed by atoms with E-state index in [4.69, 9.17) is 4.74 Å². The average Bonchev–Trinajstić information content (AvgIpc) is 2.76. The summed E-state index contributed by atoms with van der Waals surface area (Å²) in [5.74, 6) is 0.231. The fourth-order valence-corrected chi connectivity index (χ4v) is 3.56. The first-order valence-corrected chi connectivity index (χ1v) is 8.13. The third-order valence-corrected chi connectivity index (χ3v) is 4.70. The normalized spacial score (nSPS) is 25.2. The minimum absolute atomic E-state index is 0.0259. The van der Waals surface area contributed by atoms with E-state index in [1.807, 2.05) is 4.90 Å². The first-order valence-electron chi connectivity index (χ1n) is 8.13. The molecule has 2 saturated heterocycles. The van der Waals surface area contributed by atoms with Crippen molar-refractivity contribution < 1.29 is 13.9 Å². The molecule has 1 amide bonds. The molecule has 22 heavy (non-hydrogen) atoms. The molecule has 1 aromatic rings. The molecule has 2 heterocycles. The second kappa shape index (κ2) is 7.09. The van der Waals surface area contributed by atoms with Crippen molar-refractivity contribution in [2.75, 3.05) is 26.2 Å². The van der Waals surface area contributed by atoms with Crippen LogP contribution in [0.4, 0.5) is 4.39 Å². The SMILES string of the molecule is O=C(COc1ccccc1F)N1CCCC[C@H]2CNCC[C@H]21. The third-order valence-electron chi connectivity index (χ3n) is 4.70. The lowest BCUT2D eigenvalue weighted by Crippen LogP contribution is -2.52. The van der Waals surface area contributed by atoms with Crippen molar-refractivity contribution in [1.82, 2.24) is 10.2 Å². The smallest absolute Gasteiger partial charge is 0.260 e. The lowest BCUT2D eigenvalue weighted by molar-refractivity contribution is -0.137. The molecule has 3 rings (SSSR count). The van der Waals surface area contributed by atoms with Gasteiger partial charge in [-0.25, -0.2) is 4.39 Å². The van der Waals surface area contributed by atoms with Gasteiger partial charge in [0.1, 0.15) is 0 Å². The van der Waals surface area contributed by atoms with Gasteiger partial charge in [0.15, 0.2) is 18.2 Å². The van der Waals surface area contributed by atoms with Crippen LogP contribution >= 0.6 is 0 Å². The predicted molar refractivity (Wildman–Crippen MR) is 82.2 cm³/mol. The number of nitrogens with one attached hydrogen (secondary N) is 1. The minimum Gasteiger partial charge on any atom is -0.481 e. The summed E-state index contributed by atoms with van der Waals surface area (Å²) in [6, 6.07) is 6.52. The van der Waals surface area contributed by atoms with Crippen LogP contribution in [-0.4, -0.2) is 43.1 Å². The van der Waals surface area contributed by atoms with Gasteiger partial charge in [-0.2, -0.15) is 0 Å². The summed E-state index contributed by atoms with van der Waals surface area (Å²) in [5.41, 5.74) is 0. The Balaban J connectivity index is 1.63. The van der Waals surface area contributed by atoms with E-state index < -0.39 is 5.82 Å². The van der Waals surface area contributed by atoms with Gasteiger partial charge >= 0.3 is 0 Å². The maximum absolute atomic E-state index is 13.6. The van der Waals surface area contributed by atoms with Crippen LogP contribution in [-0.2, 0) is 4.79 Å². The zero-order valence-corrected chi connectivity index (χ0v) is 12.8. The van der Waals surface area contributed by atoms with Crippen LogP contribution in [0.2, 0.25) is 0 Å². The van der Waals surface area contributed by atoms with Crippen molar-refractivity contribution in [2.24, 2.45) is 5.92 Å². The Bertz CT molecular complexity index is 523. The van der Waals surface area contributed by atoms with E-state index in [1.165, 1.54) is 18.9 Å². The average molecular weight is 306 g/mol. The fourth-order valence-electron chi connectivity index (χ4n) is 3.56. The molecule has 5 heteroatoms. The van der Waals surface area contributed by atoms with Crippen LogP contribution < -0.4 is 10.1 Å². The Morgan fingerprint density at radius 3 is 3.05 bits per heavy atom. The van der Waals surface area contributed by atoms with Gasteiger partial charge in [0, 0.05) is 12.6 Å². The number of nitrogens with zero attached hydrogens (tertiary/aromatic N) is 1. The van der Waals surface area contributed by atoms with Gasteiger partial charge in [0.2, 0.25) is 0 Å². The number of benzene rings is 1. The van der Waals surface area contributed by atoms with Crippen LogP contribution in [0.1, 0.15) is 25.7 Å². The number of hydrogen-bond acceptors (Lipinski definition) is 3. The number of likely N-dealkylation sites (tertiary alicyclic amines) is 1. The first kappa shape index (κ1) is 15.3. The molecular formula is C17H23FN2O2. The van der Waals surface area contributed by atoms with E-state index in [-0.39, 0.29) is 18.3 Å². The minimum atomic E-state index is -0.425. The Kier molecular flexibility index (Phi) is 4.93. The summed E-state index contributed by atoms with van der Waals surface area (Å²) in [7, 11) is 0. The second-order valence-electron chi connectivity index (χ2n) is 6.12. The van der Waals surface area contributed by atoms with Crippen LogP contribution in [0.15, 0.2) is 24.3 Å². The number of piperidine rings is 1. The quantitative estimate of drug-likeness (QED) is 0.931. The molecule has 0 aromatic heterocycles. The standard InChI is InChI=1S/C17H23FN2O2/c18-14-6-1-2-7-16(14)22-12-17(21)20-10-4-3-5-13-11-19-9-8-15(13)20/h1-2,6-7,13,15,19H,3-5,8-12H2/t13-,15+/m0/s1. The van der Waals surface area contributed by atoms with Gasteiger partial charge in [-0.05, 0) is 50.4 Å². The topological polar surface area (TPSA) is 41.6 Å². The number of carbonyl (C=O) groups is 1. The van der Waals surface area contributed by atoms with Gasteiger partial charge in [0.05, 0.1) is 0 Å². The van der Waals surface area contributed by atoms with Gasteiger partial charge in [-0.3, -0.25) is 4.79 Å². The molecular weight excluding hydrogens is 283 g/mol. The molecule has 0 saturated carbocycles. The Labute approximate surface area is 130 Å². The summed E-state index contributed by atoms with van der Waals surface area (Å²) in [5, 5.41) is 3.42. The molecule has 120 valence electrons. The lowest BCUT2D eigenvalue weighted by atomic mass is 9.89. The first-order chi connectivity index (χ1) is 10.8. The maximum Gasteiger partial charge on any atom is 0.260 e. The molecule has 2 aliphatic rings. The van der Waals surface area contributed by atoms with E-state index in [9.17, 15) is 9.18 Å². The van der Waals surface area contributed by atoms with Crippen LogP contribution in [0.5, 0.6) is 5.75 Å². The Hall–Kier alpha value is -1.62. The molecule has 2 fully saturated rings.